The summed E-state index contributed by atoms with van der Waals surface area (Å²) in [5.74, 6) is 0.180. The van der Waals surface area contributed by atoms with Crippen LogP contribution in [-0.4, -0.2) is 21.8 Å². The van der Waals surface area contributed by atoms with Crippen molar-refractivity contribution in [3.05, 3.63) is 53.2 Å². The summed E-state index contributed by atoms with van der Waals surface area (Å²) in [5, 5.41) is 0.237. The molecule has 0 unspecified atom stereocenters. The lowest BCUT2D eigenvalue weighted by molar-refractivity contribution is 0.0697. The lowest BCUT2D eigenvalue weighted by Crippen LogP contribution is -2.32. The monoisotopic (exact) mass is 276 g/mol. The first kappa shape index (κ1) is 12.2. The smallest absolute Gasteiger partial charge is 0.290 e. The van der Waals surface area contributed by atoms with Gasteiger partial charge in [-0.15, -0.1) is 0 Å². The number of hydrogen-bond acceptors (Lipinski definition) is 3. The summed E-state index contributed by atoms with van der Waals surface area (Å²) in [6, 6.07) is 7.34. The van der Waals surface area contributed by atoms with Crippen LogP contribution in [-0.2, 0) is 6.54 Å². The van der Waals surface area contributed by atoms with Crippen LogP contribution < -0.4 is 0 Å². The van der Waals surface area contributed by atoms with E-state index < -0.39 is 0 Å². The Kier molecular flexibility index (Phi) is 3.25. The molecule has 2 aromatic rings. The molecule has 3 rings (SSSR count). The predicted molar refractivity (Wildman–Crippen MR) is 70.9 cm³/mol. The lowest BCUT2D eigenvalue weighted by Gasteiger charge is -2.21. The first-order chi connectivity index (χ1) is 9.24. The molecule has 0 bridgehead atoms. The maximum absolute atomic E-state index is 12.4. The second-order valence-electron chi connectivity index (χ2n) is 4.63. The topological polar surface area (TPSA) is 46.3 Å². The first-order valence-electron chi connectivity index (χ1n) is 6.19. The molecular formula is C14H13ClN2O2. The molecule has 1 fully saturated rings. The van der Waals surface area contributed by atoms with Gasteiger partial charge >= 0.3 is 0 Å². The van der Waals surface area contributed by atoms with E-state index in [1.807, 2.05) is 17.0 Å². The van der Waals surface area contributed by atoms with Crippen molar-refractivity contribution in [3.8, 4) is 0 Å². The van der Waals surface area contributed by atoms with Crippen LogP contribution in [0, 0.1) is 0 Å². The van der Waals surface area contributed by atoms with Crippen LogP contribution in [0.15, 0.2) is 41.1 Å². The van der Waals surface area contributed by atoms with E-state index in [0.717, 1.165) is 18.4 Å². The van der Waals surface area contributed by atoms with Crippen molar-refractivity contribution in [1.82, 2.24) is 9.88 Å². The average Bonchev–Trinajstić information content (AvgIpc) is 3.18. The van der Waals surface area contributed by atoms with E-state index in [9.17, 15) is 4.79 Å². The Bertz CT molecular complexity index is 578. The third kappa shape index (κ3) is 2.79. The third-order valence-corrected chi connectivity index (χ3v) is 3.31. The van der Waals surface area contributed by atoms with Gasteiger partial charge in [0.2, 0.25) is 0 Å². The highest BCUT2D eigenvalue weighted by Gasteiger charge is 2.34. The zero-order valence-electron chi connectivity index (χ0n) is 10.3. The second kappa shape index (κ2) is 5.05. The van der Waals surface area contributed by atoms with Crippen LogP contribution in [0.2, 0.25) is 5.22 Å². The number of rotatable bonds is 4. The van der Waals surface area contributed by atoms with Crippen LogP contribution in [0.1, 0.15) is 29.0 Å². The minimum atomic E-state index is -0.113. The minimum absolute atomic E-state index is 0.113. The maximum atomic E-state index is 12.4. The quantitative estimate of drug-likeness (QED) is 0.862. The van der Waals surface area contributed by atoms with Crippen molar-refractivity contribution in [2.45, 2.75) is 25.4 Å². The molecule has 0 aliphatic heterocycles. The van der Waals surface area contributed by atoms with Crippen molar-refractivity contribution in [3.63, 3.8) is 0 Å². The fraction of sp³-hybridized carbons (Fsp3) is 0.286. The number of pyridine rings is 1. The van der Waals surface area contributed by atoms with Crippen molar-refractivity contribution >= 4 is 17.5 Å². The van der Waals surface area contributed by atoms with Gasteiger partial charge in [0.05, 0.1) is 0 Å². The number of carbonyl (C=O) groups excluding carboxylic acids is 1. The second-order valence-corrected chi connectivity index (χ2v) is 5.00. The summed E-state index contributed by atoms with van der Waals surface area (Å²) < 4.78 is 5.20. The van der Waals surface area contributed by atoms with Gasteiger partial charge in [-0.25, -0.2) is 0 Å². The standard InChI is InChI=1S/C14H13ClN2O2/c15-13-6-5-12(19-13)14(18)17(11-3-4-11)9-10-2-1-7-16-8-10/h1-2,5-8,11H,3-4,9H2. The highest BCUT2D eigenvalue weighted by molar-refractivity contribution is 6.29. The van der Waals surface area contributed by atoms with Gasteiger partial charge in [-0.05, 0) is 48.2 Å². The van der Waals surface area contributed by atoms with E-state index in [-0.39, 0.29) is 11.1 Å². The van der Waals surface area contributed by atoms with Gasteiger partial charge in [0.15, 0.2) is 11.0 Å². The van der Waals surface area contributed by atoms with Gasteiger partial charge in [-0.3, -0.25) is 9.78 Å². The molecular weight excluding hydrogens is 264 g/mol. The molecule has 0 atom stereocenters. The van der Waals surface area contributed by atoms with Crippen molar-refractivity contribution in [2.24, 2.45) is 0 Å². The Balaban J connectivity index is 1.79. The van der Waals surface area contributed by atoms with Crippen molar-refractivity contribution < 1.29 is 9.21 Å². The van der Waals surface area contributed by atoms with Crippen LogP contribution in [0.3, 0.4) is 0 Å². The number of hydrogen-bond donors (Lipinski definition) is 0. The largest absolute Gasteiger partial charge is 0.440 e. The number of aromatic nitrogens is 1. The summed E-state index contributed by atoms with van der Waals surface area (Å²) in [6.45, 7) is 0.551. The van der Waals surface area contributed by atoms with Gasteiger partial charge < -0.3 is 9.32 Å². The molecule has 98 valence electrons. The van der Waals surface area contributed by atoms with Crippen molar-refractivity contribution in [1.29, 1.82) is 0 Å². The molecule has 1 aliphatic rings. The Morgan fingerprint density at radius 1 is 1.42 bits per heavy atom. The molecule has 0 saturated heterocycles. The summed E-state index contributed by atoms with van der Waals surface area (Å²) in [6.07, 6.45) is 5.58. The zero-order chi connectivity index (χ0) is 13.2. The van der Waals surface area contributed by atoms with Gasteiger partial charge in [0, 0.05) is 25.0 Å². The number of halogens is 1. The van der Waals surface area contributed by atoms with E-state index >= 15 is 0 Å². The molecule has 0 radical (unpaired) electrons. The Morgan fingerprint density at radius 3 is 2.84 bits per heavy atom. The summed E-state index contributed by atoms with van der Waals surface area (Å²) in [4.78, 5) is 18.3. The summed E-state index contributed by atoms with van der Waals surface area (Å²) in [5.41, 5.74) is 1.01. The van der Waals surface area contributed by atoms with E-state index in [0.29, 0.717) is 18.3 Å². The molecule has 1 saturated carbocycles. The zero-order valence-corrected chi connectivity index (χ0v) is 11.0. The fourth-order valence-corrected chi connectivity index (χ4v) is 2.16. The van der Waals surface area contributed by atoms with Gasteiger partial charge in [0.1, 0.15) is 0 Å². The highest BCUT2D eigenvalue weighted by Crippen LogP contribution is 2.30. The molecule has 1 amide bonds. The molecule has 1 aliphatic carbocycles. The van der Waals surface area contributed by atoms with E-state index in [1.54, 1.807) is 24.5 Å². The Labute approximate surface area is 116 Å². The normalized spacial score (nSPS) is 14.4. The molecule has 19 heavy (non-hydrogen) atoms. The number of nitrogens with zero attached hydrogens (tertiary/aromatic N) is 2. The van der Waals surface area contributed by atoms with Gasteiger partial charge in [-0.1, -0.05) is 6.07 Å². The van der Waals surface area contributed by atoms with Crippen molar-refractivity contribution in [2.75, 3.05) is 0 Å². The van der Waals surface area contributed by atoms with E-state index in [1.165, 1.54) is 0 Å². The first-order valence-corrected chi connectivity index (χ1v) is 6.57. The third-order valence-electron chi connectivity index (χ3n) is 3.11. The summed E-state index contributed by atoms with van der Waals surface area (Å²) >= 11 is 5.72. The molecule has 4 nitrogen and oxygen atoms in total. The van der Waals surface area contributed by atoms with Crippen LogP contribution in [0.4, 0.5) is 0 Å². The molecule has 0 aromatic carbocycles. The SMILES string of the molecule is O=C(c1ccc(Cl)o1)N(Cc1cccnc1)C1CC1. The molecule has 0 spiro atoms. The summed E-state index contributed by atoms with van der Waals surface area (Å²) in [7, 11) is 0. The maximum Gasteiger partial charge on any atom is 0.290 e. The average molecular weight is 277 g/mol. The molecule has 0 N–H and O–H groups in total. The molecule has 2 heterocycles. The molecule has 5 heteroatoms. The molecule has 2 aromatic heterocycles. The predicted octanol–water partition coefficient (Wildman–Crippen LogP) is 3.13. The van der Waals surface area contributed by atoms with E-state index in [2.05, 4.69) is 4.98 Å². The fourth-order valence-electron chi connectivity index (χ4n) is 2.01. The van der Waals surface area contributed by atoms with Crippen LogP contribution in [0.25, 0.3) is 0 Å². The Hall–Kier alpha value is -1.81. The number of amides is 1. The number of carbonyl (C=O) groups is 1. The number of furan rings is 1. The van der Waals surface area contributed by atoms with Crippen LogP contribution in [0.5, 0.6) is 0 Å². The van der Waals surface area contributed by atoms with Crippen LogP contribution >= 0.6 is 11.6 Å². The highest BCUT2D eigenvalue weighted by atomic mass is 35.5. The van der Waals surface area contributed by atoms with Gasteiger partial charge in [-0.2, -0.15) is 0 Å². The van der Waals surface area contributed by atoms with Gasteiger partial charge in [0.25, 0.3) is 5.91 Å². The Morgan fingerprint density at radius 2 is 2.26 bits per heavy atom. The lowest BCUT2D eigenvalue weighted by atomic mass is 10.2. The minimum Gasteiger partial charge on any atom is -0.440 e. The van der Waals surface area contributed by atoms with E-state index in [4.69, 9.17) is 16.0 Å².